The Kier molecular flexibility index (Phi) is 5.26. The van der Waals surface area contributed by atoms with Crippen molar-refractivity contribution < 1.29 is 9.47 Å². The first-order valence-corrected chi connectivity index (χ1v) is 8.80. The molecule has 3 nitrogen and oxygen atoms in total. The topological polar surface area (TPSA) is 30.5 Å². The number of hydrogen-bond acceptors (Lipinski definition) is 4. The van der Waals surface area contributed by atoms with Crippen LogP contribution in [0.3, 0.4) is 0 Å². The zero-order valence-electron chi connectivity index (χ0n) is 13.6. The van der Waals surface area contributed by atoms with Gasteiger partial charge in [-0.05, 0) is 24.6 Å². The van der Waals surface area contributed by atoms with E-state index in [1.807, 2.05) is 23.9 Å². The summed E-state index contributed by atoms with van der Waals surface area (Å²) in [6.45, 7) is 4.69. The van der Waals surface area contributed by atoms with Crippen molar-refractivity contribution >= 4 is 11.8 Å². The largest absolute Gasteiger partial charge is 0.496 e. The Labute approximate surface area is 142 Å². The zero-order valence-corrected chi connectivity index (χ0v) is 14.4. The summed E-state index contributed by atoms with van der Waals surface area (Å²) in [5, 5.41) is 3.66. The van der Waals surface area contributed by atoms with E-state index < -0.39 is 0 Å². The van der Waals surface area contributed by atoms with Crippen LogP contribution >= 0.6 is 11.8 Å². The third-order valence-corrected chi connectivity index (χ3v) is 5.76. The van der Waals surface area contributed by atoms with Crippen molar-refractivity contribution in [2.24, 2.45) is 0 Å². The number of para-hydroxylation sites is 1. The van der Waals surface area contributed by atoms with Gasteiger partial charge in [-0.2, -0.15) is 0 Å². The predicted octanol–water partition coefficient (Wildman–Crippen LogP) is 3.91. The average Bonchev–Trinajstić information content (AvgIpc) is 2.61. The van der Waals surface area contributed by atoms with Crippen LogP contribution in [0.5, 0.6) is 5.75 Å². The molecule has 2 aromatic carbocycles. The molecule has 0 aliphatic carbocycles. The summed E-state index contributed by atoms with van der Waals surface area (Å²) in [4.78, 5) is 1.14. The van der Waals surface area contributed by atoms with Gasteiger partial charge in [-0.1, -0.05) is 42.5 Å². The van der Waals surface area contributed by atoms with E-state index in [-0.39, 0.29) is 10.9 Å². The zero-order chi connectivity index (χ0) is 16.1. The molecule has 0 aromatic heterocycles. The first kappa shape index (κ1) is 16.4. The minimum atomic E-state index is -0.259. The normalized spacial score (nSPS) is 22.5. The predicted molar refractivity (Wildman–Crippen MR) is 95.3 cm³/mol. The third-order valence-electron chi connectivity index (χ3n) is 4.16. The van der Waals surface area contributed by atoms with Crippen LogP contribution in [0.2, 0.25) is 0 Å². The van der Waals surface area contributed by atoms with E-state index in [0.29, 0.717) is 0 Å². The van der Waals surface area contributed by atoms with Gasteiger partial charge >= 0.3 is 0 Å². The molecule has 4 heteroatoms. The van der Waals surface area contributed by atoms with Crippen LogP contribution in [0.25, 0.3) is 0 Å². The summed E-state index contributed by atoms with van der Waals surface area (Å²) in [6.07, 6.45) is 0. The molecular weight excluding hydrogens is 306 g/mol. The van der Waals surface area contributed by atoms with Crippen LogP contribution in [0, 0.1) is 0 Å². The van der Waals surface area contributed by atoms with Crippen molar-refractivity contribution in [3.05, 3.63) is 60.2 Å². The Morgan fingerprint density at radius 3 is 2.57 bits per heavy atom. The van der Waals surface area contributed by atoms with Gasteiger partial charge in [0.1, 0.15) is 5.75 Å². The van der Waals surface area contributed by atoms with Crippen LogP contribution in [-0.2, 0) is 4.74 Å². The summed E-state index contributed by atoms with van der Waals surface area (Å²) in [5.74, 6) is 0.908. The number of ether oxygens (including phenoxy) is 2. The third kappa shape index (κ3) is 3.71. The molecule has 1 heterocycles. The fourth-order valence-electron chi connectivity index (χ4n) is 2.93. The van der Waals surface area contributed by atoms with E-state index >= 15 is 0 Å². The molecule has 2 atom stereocenters. The van der Waals surface area contributed by atoms with Gasteiger partial charge in [0, 0.05) is 13.1 Å². The molecule has 1 fully saturated rings. The van der Waals surface area contributed by atoms with E-state index in [4.69, 9.17) is 9.47 Å². The van der Waals surface area contributed by atoms with Crippen molar-refractivity contribution in [2.75, 3.05) is 26.8 Å². The quantitative estimate of drug-likeness (QED) is 0.843. The molecule has 23 heavy (non-hydrogen) atoms. The van der Waals surface area contributed by atoms with Gasteiger partial charge in [-0.25, -0.2) is 0 Å². The summed E-state index contributed by atoms with van der Waals surface area (Å²) >= 11 is 1.81. The number of rotatable bonds is 5. The molecular formula is C19H23NO2S. The Balaban J connectivity index is 1.95. The van der Waals surface area contributed by atoms with Crippen LogP contribution in [0.15, 0.2) is 59.5 Å². The van der Waals surface area contributed by atoms with Crippen LogP contribution in [-0.4, -0.2) is 32.4 Å². The lowest BCUT2D eigenvalue weighted by molar-refractivity contribution is -0.0537. The molecule has 0 spiro atoms. The van der Waals surface area contributed by atoms with Gasteiger partial charge in [0.2, 0.25) is 0 Å². The molecule has 0 unspecified atom stereocenters. The van der Waals surface area contributed by atoms with E-state index in [9.17, 15) is 0 Å². The van der Waals surface area contributed by atoms with Crippen LogP contribution < -0.4 is 10.1 Å². The van der Waals surface area contributed by atoms with Crippen LogP contribution in [0.1, 0.15) is 17.7 Å². The molecule has 1 aliphatic heterocycles. The van der Waals surface area contributed by atoms with Gasteiger partial charge < -0.3 is 14.8 Å². The number of nitrogens with one attached hydrogen (secondary N) is 1. The maximum atomic E-state index is 6.20. The smallest absolute Gasteiger partial charge is 0.132 e. The summed E-state index contributed by atoms with van der Waals surface area (Å²) < 4.78 is 11.7. The second-order valence-electron chi connectivity index (χ2n) is 5.90. The first-order valence-electron chi connectivity index (χ1n) is 7.92. The van der Waals surface area contributed by atoms with Gasteiger partial charge in [-0.15, -0.1) is 11.8 Å². The van der Waals surface area contributed by atoms with E-state index in [2.05, 4.69) is 54.7 Å². The minimum Gasteiger partial charge on any atom is -0.496 e. The Hall–Kier alpha value is -1.49. The van der Waals surface area contributed by atoms with Gasteiger partial charge in [0.05, 0.1) is 29.5 Å². The van der Waals surface area contributed by atoms with Crippen molar-refractivity contribution in [1.82, 2.24) is 5.32 Å². The maximum absolute atomic E-state index is 6.20. The molecule has 0 saturated carbocycles. The first-order chi connectivity index (χ1) is 11.2. The number of hydrogen-bond donors (Lipinski definition) is 1. The fraction of sp³-hybridized carbons (Fsp3) is 0.368. The van der Waals surface area contributed by atoms with Crippen LogP contribution in [0.4, 0.5) is 0 Å². The standard InChI is InChI=1S/C19H23NO2S/c1-19(14-20-12-13-22-19)18(15-8-4-3-5-9-15)23-17-11-7-6-10-16(17)21-2/h3-11,18,20H,12-14H2,1-2H3/t18-,19-/m0/s1. The molecule has 1 aliphatic rings. The van der Waals surface area contributed by atoms with Crippen molar-refractivity contribution in [2.45, 2.75) is 22.7 Å². The summed E-state index contributed by atoms with van der Waals surface area (Å²) in [6, 6.07) is 18.8. The summed E-state index contributed by atoms with van der Waals surface area (Å²) in [7, 11) is 1.72. The monoisotopic (exact) mass is 329 g/mol. The SMILES string of the molecule is COc1ccccc1S[C@@H](c1ccccc1)[C@]1(C)CNCCO1. The lowest BCUT2D eigenvalue weighted by Crippen LogP contribution is -2.50. The highest BCUT2D eigenvalue weighted by Crippen LogP contribution is 2.47. The number of methoxy groups -OCH3 is 1. The Bertz CT molecular complexity index is 626. The molecule has 122 valence electrons. The molecule has 1 saturated heterocycles. The lowest BCUT2D eigenvalue weighted by atomic mass is 9.94. The van der Waals surface area contributed by atoms with E-state index in [1.54, 1.807) is 7.11 Å². The maximum Gasteiger partial charge on any atom is 0.132 e. The highest BCUT2D eigenvalue weighted by atomic mass is 32.2. The molecule has 0 radical (unpaired) electrons. The number of morpholine rings is 1. The van der Waals surface area contributed by atoms with E-state index in [1.165, 1.54) is 5.56 Å². The van der Waals surface area contributed by atoms with Crippen molar-refractivity contribution in [3.8, 4) is 5.75 Å². The highest BCUT2D eigenvalue weighted by molar-refractivity contribution is 7.99. The average molecular weight is 329 g/mol. The molecule has 1 N–H and O–H groups in total. The lowest BCUT2D eigenvalue weighted by Gasteiger charge is -2.41. The second-order valence-corrected chi connectivity index (χ2v) is 7.04. The van der Waals surface area contributed by atoms with E-state index in [0.717, 1.165) is 30.3 Å². The molecule has 0 amide bonds. The number of thioether (sulfide) groups is 1. The minimum absolute atomic E-state index is 0.188. The second kappa shape index (κ2) is 7.39. The Morgan fingerprint density at radius 2 is 1.87 bits per heavy atom. The van der Waals surface area contributed by atoms with Gasteiger partial charge in [0.25, 0.3) is 0 Å². The number of benzene rings is 2. The fourth-order valence-corrected chi connectivity index (χ4v) is 4.30. The molecule has 3 rings (SSSR count). The van der Waals surface area contributed by atoms with Crippen molar-refractivity contribution in [3.63, 3.8) is 0 Å². The molecule has 0 bridgehead atoms. The Morgan fingerprint density at radius 1 is 1.13 bits per heavy atom. The van der Waals surface area contributed by atoms with Gasteiger partial charge in [0.15, 0.2) is 0 Å². The highest BCUT2D eigenvalue weighted by Gasteiger charge is 2.39. The summed E-state index contributed by atoms with van der Waals surface area (Å²) in [5.41, 5.74) is 1.01. The van der Waals surface area contributed by atoms with Crippen molar-refractivity contribution in [1.29, 1.82) is 0 Å². The van der Waals surface area contributed by atoms with Gasteiger partial charge in [-0.3, -0.25) is 0 Å². The molecule has 2 aromatic rings.